The molecular formula is C22H19NS2. The number of nitriles is 1. The molecule has 3 heteroatoms. The molecule has 0 unspecified atom stereocenters. The van der Waals surface area contributed by atoms with Crippen LogP contribution in [0.2, 0.25) is 0 Å². The van der Waals surface area contributed by atoms with Crippen LogP contribution >= 0.6 is 23.5 Å². The zero-order valence-electron chi connectivity index (χ0n) is 13.9. The average molecular weight is 362 g/mol. The Morgan fingerprint density at radius 1 is 0.920 bits per heavy atom. The van der Waals surface area contributed by atoms with E-state index >= 15 is 0 Å². The van der Waals surface area contributed by atoms with Gasteiger partial charge in [0.05, 0.1) is 17.1 Å². The summed E-state index contributed by atoms with van der Waals surface area (Å²) in [7, 11) is 0. The Morgan fingerprint density at radius 2 is 1.68 bits per heavy atom. The van der Waals surface area contributed by atoms with Crippen molar-refractivity contribution in [2.45, 2.75) is 17.4 Å². The van der Waals surface area contributed by atoms with Crippen molar-refractivity contribution in [1.29, 1.82) is 5.26 Å². The number of thioether (sulfide) groups is 2. The van der Waals surface area contributed by atoms with Crippen LogP contribution in [0.5, 0.6) is 0 Å². The van der Waals surface area contributed by atoms with E-state index in [1.807, 2.05) is 0 Å². The fraction of sp³-hybridized carbons (Fsp3) is 0.227. The summed E-state index contributed by atoms with van der Waals surface area (Å²) >= 11 is 4.10. The fourth-order valence-corrected chi connectivity index (χ4v) is 6.27. The molecule has 0 radical (unpaired) electrons. The molecule has 1 fully saturated rings. The monoisotopic (exact) mass is 361 g/mol. The van der Waals surface area contributed by atoms with Crippen LogP contribution in [0.15, 0.2) is 60.7 Å². The third kappa shape index (κ3) is 3.42. The van der Waals surface area contributed by atoms with Crippen LogP contribution < -0.4 is 0 Å². The minimum Gasteiger partial charge on any atom is -0.198 e. The Kier molecular flexibility index (Phi) is 5.01. The molecule has 1 nitrogen and oxygen atoms in total. The summed E-state index contributed by atoms with van der Waals surface area (Å²) in [5, 5.41) is 11.7. The zero-order chi connectivity index (χ0) is 17.1. The van der Waals surface area contributed by atoms with Gasteiger partial charge in [-0.2, -0.15) is 5.26 Å². The molecule has 124 valence electrons. The lowest BCUT2D eigenvalue weighted by molar-refractivity contribution is 1.10. The summed E-state index contributed by atoms with van der Waals surface area (Å²) < 4.78 is 0.564. The molecule has 1 aliphatic heterocycles. The lowest BCUT2D eigenvalue weighted by Gasteiger charge is -2.21. The Bertz CT molecular complexity index is 919. The van der Waals surface area contributed by atoms with Crippen molar-refractivity contribution in [3.05, 3.63) is 71.8 Å². The highest BCUT2D eigenvalue weighted by molar-refractivity contribution is 8.16. The highest BCUT2D eigenvalue weighted by Gasteiger charge is 2.17. The van der Waals surface area contributed by atoms with Crippen molar-refractivity contribution >= 4 is 34.3 Å². The van der Waals surface area contributed by atoms with E-state index in [9.17, 15) is 5.26 Å². The van der Waals surface area contributed by atoms with Gasteiger partial charge in [0.25, 0.3) is 0 Å². The summed E-state index contributed by atoms with van der Waals surface area (Å²) in [4.78, 5) is 0. The number of hydrogen-bond acceptors (Lipinski definition) is 3. The van der Waals surface area contributed by atoms with Crippen LogP contribution in [0.25, 0.3) is 21.9 Å². The van der Waals surface area contributed by atoms with Gasteiger partial charge in [-0.25, -0.2) is 0 Å². The van der Waals surface area contributed by atoms with Gasteiger partial charge >= 0.3 is 0 Å². The van der Waals surface area contributed by atoms with Gasteiger partial charge in [0.2, 0.25) is 0 Å². The number of benzene rings is 3. The number of rotatable bonds is 3. The summed E-state index contributed by atoms with van der Waals surface area (Å²) in [5.74, 6) is 2.52. The largest absolute Gasteiger partial charge is 0.198 e. The maximum atomic E-state index is 9.22. The molecular weight excluding hydrogens is 342 g/mol. The van der Waals surface area contributed by atoms with Crippen molar-refractivity contribution < 1.29 is 0 Å². The minimum atomic E-state index is 0.441. The van der Waals surface area contributed by atoms with E-state index in [1.165, 1.54) is 45.4 Å². The maximum absolute atomic E-state index is 9.22. The third-order valence-electron chi connectivity index (χ3n) is 4.58. The maximum Gasteiger partial charge on any atom is 0.0751 e. The van der Waals surface area contributed by atoms with Crippen LogP contribution in [0.3, 0.4) is 0 Å². The fourth-order valence-electron chi connectivity index (χ4n) is 3.38. The topological polar surface area (TPSA) is 23.8 Å². The smallest absolute Gasteiger partial charge is 0.0751 e. The molecule has 0 N–H and O–H groups in total. The van der Waals surface area contributed by atoms with Gasteiger partial charge < -0.3 is 0 Å². The Balaban J connectivity index is 1.78. The van der Waals surface area contributed by atoms with Crippen LogP contribution in [-0.2, 0) is 6.42 Å². The molecule has 0 bridgehead atoms. The molecule has 3 aromatic carbocycles. The van der Waals surface area contributed by atoms with Gasteiger partial charge in [0, 0.05) is 0 Å². The molecule has 4 rings (SSSR count). The second kappa shape index (κ2) is 7.56. The quantitative estimate of drug-likeness (QED) is 0.536. The Hall–Kier alpha value is -1.89. The summed E-state index contributed by atoms with van der Waals surface area (Å²) in [6.45, 7) is 0. The average Bonchev–Trinajstić information content (AvgIpc) is 2.69. The molecule has 1 heterocycles. The van der Waals surface area contributed by atoms with Gasteiger partial charge in [-0.3, -0.25) is 0 Å². The SMILES string of the molecule is N#CCc1ccc2ccccc2c1-c1ccc(C2SCCCS2)cc1. The lowest BCUT2D eigenvalue weighted by Crippen LogP contribution is -2.00. The first-order chi connectivity index (χ1) is 12.4. The normalized spacial score (nSPS) is 15.2. The first kappa shape index (κ1) is 16.6. The molecule has 25 heavy (non-hydrogen) atoms. The first-order valence-electron chi connectivity index (χ1n) is 8.58. The molecule has 1 saturated heterocycles. The molecule has 0 aliphatic carbocycles. The van der Waals surface area contributed by atoms with Gasteiger partial charge in [0.15, 0.2) is 0 Å². The standard InChI is InChI=1S/C22H19NS2/c23-13-12-18-7-6-16-4-1-2-5-20(16)21(18)17-8-10-19(11-9-17)22-24-14-3-15-25-22/h1-2,4-11,22H,3,12,14-15H2. The number of nitrogens with zero attached hydrogens (tertiary/aromatic N) is 1. The molecule has 0 amide bonds. The van der Waals surface area contributed by atoms with E-state index in [-0.39, 0.29) is 0 Å². The summed E-state index contributed by atoms with van der Waals surface area (Å²) in [6.07, 6.45) is 1.76. The van der Waals surface area contributed by atoms with Crippen molar-refractivity contribution in [3.63, 3.8) is 0 Å². The third-order valence-corrected chi connectivity index (χ3v) is 7.60. The van der Waals surface area contributed by atoms with E-state index < -0.39 is 0 Å². The molecule has 0 atom stereocenters. The molecule has 0 saturated carbocycles. The molecule has 0 aromatic heterocycles. The summed E-state index contributed by atoms with van der Waals surface area (Å²) in [5.41, 5.74) is 4.92. The van der Waals surface area contributed by atoms with Gasteiger partial charge in [-0.1, -0.05) is 60.7 Å². The van der Waals surface area contributed by atoms with Crippen LogP contribution in [0.4, 0.5) is 0 Å². The first-order valence-corrected chi connectivity index (χ1v) is 10.7. The van der Waals surface area contributed by atoms with E-state index in [0.29, 0.717) is 11.0 Å². The van der Waals surface area contributed by atoms with Crippen molar-refractivity contribution in [2.24, 2.45) is 0 Å². The second-order valence-corrected chi connectivity index (χ2v) is 8.93. The van der Waals surface area contributed by atoms with E-state index in [4.69, 9.17) is 0 Å². The van der Waals surface area contributed by atoms with Crippen molar-refractivity contribution in [3.8, 4) is 17.2 Å². The number of hydrogen-bond donors (Lipinski definition) is 0. The number of fused-ring (bicyclic) bond motifs is 1. The predicted octanol–water partition coefficient (Wildman–Crippen LogP) is 6.44. The van der Waals surface area contributed by atoms with Gasteiger partial charge in [0.1, 0.15) is 0 Å². The van der Waals surface area contributed by atoms with E-state index in [1.54, 1.807) is 0 Å². The van der Waals surface area contributed by atoms with Crippen molar-refractivity contribution in [2.75, 3.05) is 11.5 Å². The Morgan fingerprint density at radius 3 is 2.44 bits per heavy atom. The summed E-state index contributed by atoms with van der Waals surface area (Å²) in [6, 6.07) is 24.0. The molecule has 0 spiro atoms. The van der Waals surface area contributed by atoms with Crippen LogP contribution in [0.1, 0.15) is 22.1 Å². The molecule has 1 aliphatic rings. The lowest BCUT2D eigenvalue weighted by atomic mass is 9.92. The van der Waals surface area contributed by atoms with Gasteiger partial charge in [-0.15, -0.1) is 23.5 Å². The highest BCUT2D eigenvalue weighted by Crippen LogP contribution is 2.44. The highest BCUT2D eigenvalue weighted by atomic mass is 32.2. The van der Waals surface area contributed by atoms with E-state index in [2.05, 4.69) is 90.3 Å². The van der Waals surface area contributed by atoms with Gasteiger partial charge in [-0.05, 0) is 51.0 Å². The molecule has 3 aromatic rings. The van der Waals surface area contributed by atoms with Crippen molar-refractivity contribution in [1.82, 2.24) is 0 Å². The van der Waals surface area contributed by atoms with Crippen LogP contribution in [-0.4, -0.2) is 11.5 Å². The second-order valence-electron chi connectivity index (χ2n) is 6.20. The van der Waals surface area contributed by atoms with E-state index in [0.717, 1.165) is 5.56 Å². The van der Waals surface area contributed by atoms with Crippen LogP contribution in [0, 0.1) is 11.3 Å². The predicted molar refractivity (Wildman–Crippen MR) is 111 cm³/mol. The zero-order valence-corrected chi connectivity index (χ0v) is 15.6. The Labute approximate surface area is 157 Å². The minimum absolute atomic E-state index is 0.441.